The molecule has 0 aliphatic carbocycles. The zero-order valence-electron chi connectivity index (χ0n) is 20.5. The fourth-order valence-electron chi connectivity index (χ4n) is 3.67. The minimum Gasteiger partial charge on any atom is -0.490 e. The van der Waals surface area contributed by atoms with Gasteiger partial charge in [0.1, 0.15) is 29.0 Å². The average molecular weight is 583 g/mol. The van der Waals surface area contributed by atoms with E-state index in [1.165, 1.54) is 17.3 Å². The van der Waals surface area contributed by atoms with Crippen LogP contribution in [0.1, 0.15) is 37.5 Å². The van der Waals surface area contributed by atoms with Crippen LogP contribution in [0.15, 0.2) is 82.2 Å². The van der Waals surface area contributed by atoms with Gasteiger partial charge in [-0.25, -0.2) is 0 Å². The molecule has 36 heavy (non-hydrogen) atoms. The predicted molar refractivity (Wildman–Crippen MR) is 155 cm³/mol. The number of amides is 1. The van der Waals surface area contributed by atoms with Crippen LogP contribution < -0.4 is 9.47 Å². The number of halogens is 1. The number of rotatable bonds is 8. The molecule has 186 valence electrons. The van der Waals surface area contributed by atoms with E-state index in [9.17, 15) is 4.79 Å². The lowest BCUT2D eigenvalue weighted by Crippen LogP contribution is -2.27. The van der Waals surface area contributed by atoms with Crippen LogP contribution in [0.25, 0.3) is 6.08 Å². The van der Waals surface area contributed by atoms with Crippen LogP contribution in [0.3, 0.4) is 0 Å². The Bertz CT molecular complexity index is 1270. The predicted octanol–water partition coefficient (Wildman–Crippen LogP) is 7.61. The van der Waals surface area contributed by atoms with Crippen molar-refractivity contribution in [3.63, 3.8) is 0 Å². The highest BCUT2D eigenvalue weighted by Crippen LogP contribution is 2.36. The fraction of sp³-hybridized carbons (Fsp3) is 0.241. The van der Waals surface area contributed by atoms with Gasteiger partial charge in [-0.15, -0.1) is 0 Å². The number of thiocarbonyl (C=S) groups is 1. The summed E-state index contributed by atoms with van der Waals surface area (Å²) in [6.07, 6.45) is 1.84. The maximum absolute atomic E-state index is 13.1. The molecule has 0 aromatic heterocycles. The Balaban J connectivity index is 1.40. The SMILES string of the molecule is CC(C)(C)c1ccc(OCCOc2ccc(Br)cc2C=C2SC(=S)N(Cc3ccccc3)C2=O)cc1. The van der Waals surface area contributed by atoms with E-state index in [0.29, 0.717) is 34.7 Å². The lowest BCUT2D eigenvalue weighted by Gasteiger charge is -2.19. The number of hydrogen-bond donors (Lipinski definition) is 0. The summed E-state index contributed by atoms with van der Waals surface area (Å²) >= 11 is 10.3. The van der Waals surface area contributed by atoms with Crippen molar-refractivity contribution in [2.45, 2.75) is 32.7 Å². The van der Waals surface area contributed by atoms with Crippen LogP contribution in [0.5, 0.6) is 11.5 Å². The van der Waals surface area contributed by atoms with Gasteiger partial charge in [0.2, 0.25) is 0 Å². The molecule has 1 fully saturated rings. The number of carbonyl (C=O) groups is 1. The van der Waals surface area contributed by atoms with Crippen molar-refractivity contribution in [3.8, 4) is 11.5 Å². The lowest BCUT2D eigenvalue weighted by atomic mass is 9.87. The summed E-state index contributed by atoms with van der Waals surface area (Å²) in [4.78, 5) is 15.3. The molecular weight excluding hydrogens is 554 g/mol. The molecule has 4 rings (SSSR count). The van der Waals surface area contributed by atoms with Crippen LogP contribution in [0.4, 0.5) is 0 Å². The first kappa shape index (κ1) is 26.5. The van der Waals surface area contributed by atoms with E-state index >= 15 is 0 Å². The highest BCUT2D eigenvalue weighted by Gasteiger charge is 2.32. The van der Waals surface area contributed by atoms with E-state index in [1.54, 1.807) is 4.90 Å². The molecule has 1 aliphatic heterocycles. The molecule has 1 heterocycles. The molecule has 0 spiro atoms. The number of hydrogen-bond acceptors (Lipinski definition) is 5. The van der Waals surface area contributed by atoms with Gasteiger partial charge in [-0.2, -0.15) is 0 Å². The minimum absolute atomic E-state index is 0.0955. The Morgan fingerprint density at radius 2 is 1.67 bits per heavy atom. The van der Waals surface area contributed by atoms with Crippen molar-refractivity contribution in [2.75, 3.05) is 13.2 Å². The van der Waals surface area contributed by atoms with E-state index < -0.39 is 0 Å². The third kappa shape index (κ3) is 6.78. The van der Waals surface area contributed by atoms with Crippen molar-refractivity contribution in [2.24, 2.45) is 0 Å². The Kier molecular flexibility index (Phi) is 8.54. The Morgan fingerprint density at radius 1 is 0.972 bits per heavy atom. The zero-order valence-corrected chi connectivity index (χ0v) is 23.7. The highest BCUT2D eigenvalue weighted by molar-refractivity contribution is 9.10. The number of thioether (sulfide) groups is 1. The van der Waals surface area contributed by atoms with Gasteiger partial charge >= 0.3 is 0 Å². The van der Waals surface area contributed by atoms with Crippen molar-refractivity contribution in [3.05, 3.63) is 98.9 Å². The van der Waals surface area contributed by atoms with Gasteiger partial charge < -0.3 is 9.47 Å². The van der Waals surface area contributed by atoms with Crippen LogP contribution in [-0.4, -0.2) is 28.3 Å². The van der Waals surface area contributed by atoms with Gasteiger partial charge in [-0.05, 0) is 52.9 Å². The Hall–Kier alpha value is -2.61. The van der Waals surface area contributed by atoms with Crippen molar-refractivity contribution in [1.82, 2.24) is 4.90 Å². The quantitative estimate of drug-likeness (QED) is 0.155. The summed E-state index contributed by atoms with van der Waals surface area (Å²) in [7, 11) is 0. The van der Waals surface area contributed by atoms with Gasteiger partial charge in [0.15, 0.2) is 0 Å². The second-order valence-electron chi connectivity index (χ2n) is 9.41. The summed E-state index contributed by atoms with van der Waals surface area (Å²) < 4.78 is 13.3. The second kappa shape index (κ2) is 11.6. The molecule has 0 bridgehead atoms. The van der Waals surface area contributed by atoms with E-state index in [-0.39, 0.29) is 11.3 Å². The zero-order chi connectivity index (χ0) is 25.7. The number of carbonyl (C=O) groups excluding carboxylic acids is 1. The van der Waals surface area contributed by atoms with E-state index in [4.69, 9.17) is 21.7 Å². The third-order valence-electron chi connectivity index (χ3n) is 5.65. The third-order valence-corrected chi connectivity index (χ3v) is 7.52. The standard InChI is InChI=1S/C29H28BrNO3S2/c1-29(2,3)22-9-12-24(13-10-22)33-15-16-34-25-14-11-23(30)17-21(25)18-26-27(32)31(28(35)36-26)19-20-7-5-4-6-8-20/h4-14,17-18H,15-16,19H2,1-3H3. The van der Waals surface area contributed by atoms with E-state index in [0.717, 1.165) is 21.3 Å². The summed E-state index contributed by atoms with van der Waals surface area (Å²) in [6, 6.07) is 23.8. The number of benzene rings is 3. The molecule has 0 radical (unpaired) electrons. The Morgan fingerprint density at radius 3 is 2.36 bits per heavy atom. The molecule has 0 atom stereocenters. The monoisotopic (exact) mass is 581 g/mol. The van der Waals surface area contributed by atoms with Crippen molar-refractivity contribution < 1.29 is 14.3 Å². The summed E-state index contributed by atoms with van der Waals surface area (Å²) in [5.74, 6) is 1.39. The normalized spacial score (nSPS) is 15.0. The minimum atomic E-state index is -0.0955. The van der Waals surface area contributed by atoms with E-state index in [1.807, 2.05) is 66.7 Å². The summed E-state index contributed by atoms with van der Waals surface area (Å²) in [6.45, 7) is 7.80. The second-order valence-corrected chi connectivity index (χ2v) is 12.0. The first-order valence-electron chi connectivity index (χ1n) is 11.7. The van der Waals surface area contributed by atoms with Gasteiger partial charge in [0.25, 0.3) is 5.91 Å². The fourth-order valence-corrected chi connectivity index (χ4v) is 5.29. The molecule has 1 saturated heterocycles. The molecule has 3 aromatic rings. The van der Waals surface area contributed by atoms with Crippen molar-refractivity contribution in [1.29, 1.82) is 0 Å². The molecule has 0 unspecified atom stereocenters. The van der Waals surface area contributed by atoms with E-state index in [2.05, 4.69) is 48.8 Å². The first-order chi connectivity index (χ1) is 17.2. The lowest BCUT2D eigenvalue weighted by molar-refractivity contribution is -0.122. The topological polar surface area (TPSA) is 38.8 Å². The summed E-state index contributed by atoms with van der Waals surface area (Å²) in [5, 5.41) is 0. The highest BCUT2D eigenvalue weighted by atomic mass is 79.9. The molecule has 7 heteroatoms. The summed E-state index contributed by atoms with van der Waals surface area (Å²) in [5.41, 5.74) is 3.21. The molecule has 4 nitrogen and oxygen atoms in total. The van der Waals surface area contributed by atoms with Crippen LogP contribution in [-0.2, 0) is 16.8 Å². The van der Waals surface area contributed by atoms with Crippen molar-refractivity contribution >= 4 is 56.2 Å². The van der Waals surface area contributed by atoms with Crippen LogP contribution in [0, 0.1) is 0 Å². The molecule has 0 saturated carbocycles. The molecule has 0 N–H and O–H groups in total. The average Bonchev–Trinajstić information content (AvgIpc) is 3.10. The molecule has 1 amide bonds. The molecule has 1 aliphatic rings. The van der Waals surface area contributed by atoms with Gasteiger partial charge in [-0.1, -0.05) is 103 Å². The smallest absolute Gasteiger partial charge is 0.266 e. The number of nitrogens with zero attached hydrogens (tertiary/aromatic N) is 1. The van der Waals surface area contributed by atoms with Gasteiger partial charge in [0, 0.05) is 10.0 Å². The molecule has 3 aromatic carbocycles. The van der Waals surface area contributed by atoms with Crippen LogP contribution >= 0.6 is 39.9 Å². The van der Waals surface area contributed by atoms with Gasteiger partial charge in [-0.3, -0.25) is 9.69 Å². The maximum Gasteiger partial charge on any atom is 0.266 e. The Labute approximate surface area is 230 Å². The van der Waals surface area contributed by atoms with Gasteiger partial charge in [0.05, 0.1) is 11.4 Å². The largest absolute Gasteiger partial charge is 0.490 e. The number of ether oxygens (including phenoxy) is 2. The maximum atomic E-state index is 13.1. The van der Waals surface area contributed by atoms with Crippen LogP contribution in [0.2, 0.25) is 0 Å². The molecular formula is C29H28BrNO3S2. The first-order valence-corrected chi connectivity index (χ1v) is 13.7.